The van der Waals surface area contributed by atoms with Crippen LogP contribution >= 0.6 is 15.9 Å². The molecule has 0 bridgehead atoms. The van der Waals surface area contributed by atoms with Gasteiger partial charge in [-0.3, -0.25) is 0 Å². The molecule has 0 unspecified atom stereocenters. The van der Waals surface area contributed by atoms with Crippen molar-refractivity contribution in [3.63, 3.8) is 0 Å². The van der Waals surface area contributed by atoms with E-state index in [1.165, 1.54) is 12.1 Å². The van der Waals surface area contributed by atoms with Crippen LogP contribution in [0.4, 0.5) is 4.39 Å². The van der Waals surface area contributed by atoms with Gasteiger partial charge in [-0.1, -0.05) is 12.1 Å². The van der Waals surface area contributed by atoms with Gasteiger partial charge in [-0.15, -0.1) is 0 Å². The molecule has 1 N–H and O–H groups in total. The number of aromatic nitrogens is 2. The molecule has 1 aromatic carbocycles. The molecule has 0 atom stereocenters. The van der Waals surface area contributed by atoms with Gasteiger partial charge in [0.15, 0.2) is 0 Å². The normalized spacial score (nSPS) is 10.8. The number of aliphatic hydroxyl groups excluding tert-OH is 1. The standard InChI is InChI=1S/C11H10BrFN2O/c1-15-9(6-16)10(12)14-11(15)7-3-2-4-8(13)5-7/h2-5,16H,6H2,1H3. The van der Waals surface area contributed by atoms with Crippen molar-refractivity contribution in [3.8, 4) is 11.4 Å². The Kier molecular flexibility index (Phi) is 3.07. The summed E-state index contributed by atoms with van der Waals surface area (Å²) >= 11 is 3.26. The zero-order valence-electron chi connectivity index (χ0n) is 8.61. The summed E-state index contributed by atoms with van der Waals surface area (Å²) in [5.41, 5.74) is 1.35. The zero-order valence-corrected chi connectivity index (χ0v) is 10.2. The Morgan fingerprint density at radius 1 is 1.50 bits per heavy atom. The quantitative estimate of drug-likeness (QED) is 0.920. The number of imidazole rings is 1. The van der Waals surface area contributed by atoms with Crippen molar-refractivity contribution < 1.29 is 9.50 Å². The van der Waals surface area contributed by atoms with E-state index in [1.807, 2.05) is 0 Å². The first-order valence-electron chi connectivity index (χ1n) is 4.71. The molecule has 0 saturated carbocycles. The highest BCUT2D eigenvalue weighted by atomic mass is 79.9. The number of rotatable bonds is 2. The molecule has 0 aliphatic heterocycles. The topological polar surface area (TPSA) is 38.0 Å². The molecule has 5 heteroatoms. The van der Waals surface area contributed by atoms with E-state index in [1.54, 1.807) is 23.7 Å². The molecule has 0 aliphatic carbocycles. The van der Waals surface area contributed by atoms with Gasteiger partial charge in [-0.25, -0.2) is 9.37 Å². The Bertz CT molecular complexity index is 525. The van der Waals surface area contributed by atoms with E-state index < -0.39 is 0 Å². The lowest BCUT2D eigenvalue weighted by Gasteiger charge is -2.03. The summed E-state index contributed by atoms with van der Waals surface area (Å²) in [6.07, 6.45) is 0. The molecule has 84 valence electrons. The maximum Gasteiger partial charge on any atom is 0.141 e. The average molecular weight is 285 g/mol. The van der Waals surface area contributed by atoms with Crippen LogP contribution in [0.3, 0.4) is 0 Å². The van der Waals surface area contributed by atoms with Crippen LogP contribution < -0.4 is 0 Å². The summed E-state index contributed by atoms with van der Waals surface area (Å²) < 4.78 is 15.4. The van der Waals surface area contributed by atoms with Gasteiger partial charge in [0, 0.05) is 12.6 Å². The lowest BCUT2D eigenvalue weighted by Crippen LogP contribution is -1.98. The molecule has 3 nitrogen and oxygen atoms in total. The Balaban J connectivity index is 2.56. The maximum absolute atomic E-state index is 13.1. The lowest BCUT2D eigenvalue weighted by molar-refractivity contribution is 0.272. The minimum atomic E-state index is -0.304. The van der Waals surface area contributed by atoms with Gasteiger partial charge in [-0.2, -0.15) is 0 Å². The Labute approximate surface area is 101 Å². The monoisotopic (exact) mass is 284 g/mol. The second-order valence-corrected chi connectivity index (χ2v) is 4.15. The number of benzene rings is 1. The Hall–Kier alpha value is -1.20. The first kappa shape index (κ1) is 11.3. The molecule has 0 spiro atoms. The van der Waals surface area contributed by atoms with Gasteiger partial charge in [0.05, 0.1) is 12.3 Å². The molecular weight excluding hydrogens is 275 g/mol. The van der Waals surface area contributed by atoms with Crippen molar-refractivity contribution in [1.29, 1.82) is 0 Å². The van der Waals surface area contributed by atoms with Crippen LogP contribution in [0.1, 0.15) is 5.69 Å². The predicted molar refractivity (Wildman–Crippen MR) is 62.2 cm³/mol. The fourth-order valence-electron chi connectivity index (χ4n) is 1.56. The summed E-state index contributed by atoms with van der Waals surface area (Å²) in [5, 5.41) is 9.15. The van der Waals surface area contributed by atoms with Gasteiger partial charge in [0.25, 0.3) is 0 Å². The smallest absolute Gasteiger partial charge is 0.141 e. The molecular formula is C11H10BrFN2O. The zero-order chi connectivity index (χ0) is 11.7. The second-order valence-electron chi connectivity index (χ2n) is 3.40. The van der Waals surface area contributed by atoms with Crippen LogP contribution in [0.15, 0.2) is 28.9 Å². The van der Waals surface area contributed by atoms with Crippen LogP contribution in [-0.2, 0) is 13.7 Å². The van der Waals surface area contributed by atoms with Gasteiger partial charge >= 0.3 is 0 Å². The summed E-state index contributed by atoms with van der Waals surface area (Å²) in [6, 6.07) is 6.20. The third-order valence-electron chi connectivity index (χ3n) is 2.40. The highest BCUT2D eigenvalue weighted by Crippen LogP contribution is 2.25. The third-order valence-corrected chi connectivity index (χ3v) is 3.03. The minimum Gasteiger partial charge on any atom is -0.390 e. The number of nitrogens with zero attached hydrogens (tertiary/aromatic N) is 2. The van der Waals surface area contributed by atoms with Crippen molar-refractivity contribution in [2.45, 2.75) is 6.61 Å². The van der Waals surface area contributed by atoms with Gasteiger partial charge in [0.2, 0.25) is 0 Å². The van der Waals surface area contributed by atoms with Crippen LogP contribution in [0.5, 0.6) is 0 Å². The molecule has 1 heterocycles. The third kappa shape index (κ3) is 1.88. The van der Waals surface area contributed by atoms with E-state index in [2.05, 4.69) is 20.9 Å². The van der Waals surface area contributed by atoms with Crippen molar-refractivity contribution >= 4 is 15.9 Å². The average Bonchev–Trinajstić information content (AvgIpc) is 2.54. The summed E-state index contributed by atoms with van der Waals surface area (Å²) in [4.78, 5) is 4.25. The second kappa shape index (κ2) is 4.35. The predicted octanol–water partition coefficient (Wildman–Crippen LogP) is 2.48. The molecule has 0 saturated heterocycles. The molecule has 1 aromatic heterocycles. The van der Waals surface area contributed by atoms with E-state index in [9.17, 15) is 4.39 Å². The SMILES string of the molecule is Cn1c(-c2cccc(F)c2)nc(Br)c1CO. The fourth-order valence-corrected chi connectivity index (χ4v) is 2.12. The molecule has 0 aliphatic rings. The van der Waals surface area contributed by atoms with Gasteiger partial charge in [-0.05, 0) is 28.1 Å². The van der Waals surface area contributed by atoms with Crippen molar-refractivity contribution in [1.82, 2.24) is 9.55 Å². The number of hydrogen-bond donors (Lipinski definition) is 1. The highest BCUT2D eigenvalue weighted by Gasteiger charge is 2.13. The van der Waals surface area contributed by atoms with E-state index in [-0.39, 0.29) is 12.4 Å². The molecule has 2 aromatic rings. The van der Waals surface area contributed by atoms with E-state index in [0.29, 0.717) is 21.7 Å². The van der Waals surface area contributed by atoms with Crippen LogP contribution in [0.2, 0.25) is 0 Å². The van der Waals surface area contributed by atoms with Crippen LogP contribution in [-0.4, -0.2) is 14.7 Å². The number of aliphatic hydroxyl groups is 1. The molecule has 16 heavy (non-hydrogen) atoms. The molecule has 0 fully saturated rings. The minimum absolute atomic E-state index is 0.112. The Morgan fingerprint density at radius 3 is 2.81 bits per heavy atom. The maximum atomic E-state index is 13.1. The summed E-state index contributed by atoms with van der Waals surface area (Å²) in [5.74, 6) is 0.317. The number of hydrogen-bond acceptors (Lipinski definition) is 2. The van der Waals surface area contributed by atoms with E-state index in [0.717, 1.165) is 0 Å². The molecule has 2 rings (SSSR count). The largest absolute Gasteiger partial charge is 0.390 e. The van der Waals surface area contributed by atoms with Crippen molar-refractivity contribution in [3.05, 3.63) is 40.4 Å². The Morgan fingerprint density at radius 2 is 2.25 bits per heavy atom. The van der Waals surface area contributed by atoms with Gasteiger partial charge in [0.1, 0.15) is 16.2 Å². The number of halogens is 2. The van der Waals surface area contributed by atoms with Crippen molar-refractivity contribution in [2.75, 3.05) is 0 Å². The van der Waals surface area contributed by atoms with E-state index in [4.69, 9.17) is 5.11 Å². The summed E-state index contributed by atoms with van der Waals surface area (Å²) in [7, 11) is 1.78. The first-order chi connectivity index (χ1) is 7.63. The summed E-state index contributed by atoms with van der Waals surface area (Å²) in [6.45, 7) is -0.112. The lowest BCUT2D eigenvalue weighted by atomic mass is 10.2. The van der Waals surface area contributed by atoms with E-state index >= 15 is 0 Å². The highest BCUT2D eigenvalue weighted by molar-refractivity contribution is 9.10. The van der Waals surface area contributed by atoms with Crippen LogP contribution in [0, 0.1) is 5.82 Å². The first-order valence-corrected chi connectivity index (χ1v) is 5.50. The molecule has 0 radical (unpaired) electrons. The van der Waals surface area contributed by atoms with Crippen LogP contribution in [0.25, 0.3) is 11.4 Å². The van der Waals surface area contributed by atoms with Crippen molar-refractivity contribution in [2.24, 2.45) is 7.05 Å². The van der Waals surface area contributed by atoms with Gasteiger partial charge < -0.3 is 9.67 Å². The fraction of sp³-hybridized carbons (Fsp3) is 0.182. The molecule has 0 amide bonds.